The maximum absolute atomic E-state index is 11.7. The van der Waals surface area contributed by atoms with E-state index in [1.807, 2.05) is 6.92 Å². The van der Waals surface area contributed by atoms with Gasteiger partial charge in [0.25, 0.3) is 0 Å². The van der Waals surface area contributed by atoms with Crippen molar-refractivity contribution < 1.29 is 9.53 Å². The molecule has 1 rings (SSSR count). The van der Waals surface area contributed by atoms with Crippen molar-refractivity contribution in [2.45, 2.75) is 65.4 Å². The minimum Gasteiger partial charge on any atom is -0.462 e. The first kappa shape index (κ1) is 12.5. The molecule has 0 unspecified atom stereocenters. The second-order valence-electron chi connectivity index (χ2n) is 5.22. The molecule has 0 amide bonds. The molecule has 1 aliphatic carbocycles. The molecule has 2 nitrogen and oxygen atoms in total. The highest BCUT2D eigenvalue weighted by Gasteiger charge is 2.22. The number of ether oxygens (including phenoxy) is 1. The number of hydrogen-bond donors (Lipinski definition) is 0. The van der Waals surface area contributed by atoms with Crippen LogP contribution in [0.2, 0.25) is 0 Å². The van der Waals surface area contributed by atoms with E-state index in [0.29, 0.717) is 5.92 Å². The smallest absolute Gasteiger partial charge is 0.308 e. The van der Waals surface area contributed by atoms with Crippen molar-refractivity contribution in [1.29, 1.82) is 0 Å². The molecule has 15 heavy (non-hydrogen) atoms. The van der Waals surface area contributed by atoms with Crippen molar-refractivity contribution >= 4 is 5.97 Å². The molecule has 0 bridgehead atoms. The van der Waals surface area contributed by atoms with Gasteiger partial charge in [0.2, 0.25) is 0 Å². The van der Waals surface area contributed by atoms with Gasteiger partial charge in [-0.25, -0.2) is 0 Å². The summed E-state index contributed by atoms with van der Waals surface area (Å²) in [6, 6.07) is 0. The van der Waals surface area contributed by atoms with Gasteiger partial charge in [-0.05, 0) is 38.0 Å². The highest BCUT2D eigenvalue weighted by atomic mass is 16.5. The highest BCUT2D eigenvalue weighted by molar-refractivity contribution is 5.72. The minimum absolute atomic E-state index is 0.0163. The third kappa shape index (κ3) is 4.67. The van der Waals surface area contributed by atoms with Crippen molar-refractivity contribution in [1.82, 2.24) is 0 Å². The summed E-state index contributed by atoms with van der Waals surface area (Å²) in [6.07, 6.45) is 6.88. The van der Waals surface area contributed by atoms with E-state index in [1.54, 1.807) is 0 Å². The summed E-state index contributed by atoms with van der Waals surface area (Å²) >= 11 is 0. The van der Waals surface area contributed by atoms with Crippen molar-refractivity contribution in [2.75, 3.05) is 0 Å². The minimum atomic E-state index is 0.0163. The Balaban J connectivity index is 2.20. The SMILES string of the molecule is CC(C)CC[C@H](C)C(=O)OC1CCCC1. The first-order valence-corrected chi connectivity index (χ1v) is 6.30. The standard InChI is InChI=1S/C13H24O2/c1-10(2)8-9-11(3)13(14)15-12-6-4-5-7-12/h10-12H,4-9H2,1-3H3/t11-/m0/s1. The quantitative estimate of drug-likeness (QED) is 0.651. The number of carbonyl (C=O) groups excluding carboxylic acids is 1. The molecular formula is C13H24O2. The summed E-state index contributed by atoms with van der Waals surface area (Å²) in [7, 11) is 0. The molecule has 1 fully saturated rings. The van der Waals surface area contributed by atoms with E-state index in [0.717, 1.165) is 25.7 Å². The van der Waals surface area contributed by atoms with Crippen LogP contribution in [0.5, 0.6) is 0 Å². The Labute approximate surface area is 93.4 Å². The van der Waals surface area contributed by atoms with Crippen molar-refractivity contribution in [3.8, 4) is 0 Å². The molecule has 1 saturated carbocycles. The molecule has 88 valence electrons. The Morgan fingerprint density at radius 3 is 2.33 bits per heavy atom. The first-order valence-electron chi connectivity index (χ1n) is 6.30. The van der Waals surface area contributed by atoms with Crippen LogP contribution in [0.1, 0.15) is 59.3 Å². The van der Waals surface area contributed by atoms with Gasteiger partial charge in [-0.2, -0.15) is 0 Å². The van der Waals surface area contributed by atoms with Gasteiger partial charge < -0.3 is 4.74 Å². The molecule has 1 aliphatic rings. The molecule has 0 aromatic carbocycles. The Hall–Kier alpha value is -0.530. The van der Waals surface area contributed by atoms with Crippen LogP contribution in [-0.2, 0) is 9.53 Å². The van der Waals surface area contributed by atoms with E-state index < -0.39 is 0 Å². The van der Waals surface area contributed by atoms with E-state index in [-0.39, 0.29) is 18.0 Å². The summed E-state index contributed by atoms with van der Waals surface area (Å²) in [5, 5.41) is 0. The fourth-order valence-corrected chi connectivity index (χ4v) is 1.99. The molecule has 0 heterocycles. The van der Waals surface area contributed by atoms with Crippen LogP contribution in [0.15, 0.2) is 0 Å². The van der Waals surface area contributed by atoms with E-state index >= 15 is 0 Å². The predicted octanol–water partition coefficient (Wildman–Crippen LogP) is 3.54. The Morgan fingerprint density at radius 2 is 1.80 bits per heavy atom. The molecule has 1 atom stereocenters. The van der Waals surface area contributed by atoms with Crippen LogP contribution >= 0.6 is 0 Å². The van der Waals surface area contributed by atoms with E-state index in [2.05, 4.69) is 13.8 Å². The Bertz CT molecular complexity index is 193. The van der Waals surface area contributed by atoms with Crippen LogP contribution in [0.4, 0.5) is 0 Å². The zero-order valence-corrected chi connectivity index (χ0v) is 10.3. The zero-order chi connectivity index (χ0) is 11.3. The van der Waals surface area contributed by atoms with E-state index in [4.69, 9.17) is 4.74 Å². The van der Waals surface area contributed by atoms with Gasteiger partial charge in [0.1, 0.15) is 6.10 Å². The van der Waals surface area contributed by atoms with Crippen LogP contribution in [0, 0.1) is 11.8 Å². The van der Waals surface area contributed by atoms with Gasteiger partial charge in [0, 0.05) is 0 Å². The number of carbonyl (C=O) groups is 1. The summed E-state index contributed by atoms with van der Waals surface area (Å²) in [6.45, 7) is 6.36. The molecule has 0 aromatic heterocycles. The summed E-state index contributed by atoms with van der Waals surface area (Å²) in [5.41, 5.74) is 0. The van der Waals surface area contributed by atoms with E-state index in [9.17, 15) is 4.79 Å². The molecule has 0 spiro atoms. The second-order valence-corrected chi connectivity index (χ2v) is 5.22. The van der Waals surface area contributed by atoms with Crippen molar-refractivity contribution in [3.63, 3.8) is 0 Å². The second kappa shape index (κ2) is 6.14. The van der Waals surface area contributed by atoms with E-state index in [1.165, 1.54) is 12.8 Å². The van der Waals surface area contributed by atoms with Gasteiger partial charge in [-0.15, -0.1) is 0 Å². The molecule has 0 N–H and O–H groups in total. The lowest BCUT2D eigenvalue weighted by Crippen LogP contribution is -2.21. The maximum Gasteiger partial charge on any atom is 0.308 e. The molecule has 0 aromatic rings. The number of esters is 1. The van der Waals surface area contributed by atoms with Crippen molar-refractivity contribution in [3.05, 3.63) is 0 Å². The summed E-state index contributed by atoms with van der Waals surface area (Å²) in [4.78, 5) is 11.7. The van der Waals surface area contributed by atoms with Crippen LogP contribution in [0.25, 0.3) is 0 Å². The lowest BCUT2D eigenvalue weighted by molar-refractivity contribution is -0.153. The molecule has 2 heteroatoms. The molecular weight excluding hydrogens is 188 g/mol. The third-order valence-electron chi connectivity index (χ3n) is 3.16. The largest absolute Gasteiger partial charge is 0.462 e. The Kier molecular flexibility index (Phi) is 5.13. The van der Waals surface area contributed by atoms with Gasteiger partial charge >= 0.3 is 5.97 Å². The molecule has 0 aliphatic heterocycles. The van der Waals surface area contributed by atoms with Crippen molar-refractivity contribution in [2.24, 2.45) is 11.8 Å². The first-order chi connectivity index (χ1) is 7.09. The Morgan fingerprint density at radius 1 is 1.20 bits per heavy atom. The lowest BCUT2D eigenvalue weighted by Gasteiger charge is -2.16. The summed E-state index contributed by atoms with van der Waals surface area (Å²) in [5.74, 6) is 0.766. The molecule has 0 saturated heterocycles. The lowest BCUT2D eigenvalue weighted by atomic mass is 9.99. The zero-order valence-electron chi connectivity index (χ0n) is 10.3. The van der Waals surface area contributed by atoms with Gasteiger partial charge in [-0.1, -0.05) is 27.2 Å². The number of rotatable bonds is 5. The molecule has 0 radical (unpaired) electrons. The van der Waals surface area contributed by atoms with Crippen LogP contribution < -0.4 is 0 Å². The fraction of sp³-hybridized carbons (Fsp3) is 0.923. The third-order valence-corrected chi connectivity index (χ3v) is 3.16. The average Bonchev–Trinajstić information content (AvgIpc) is 2.66. The monoisotopic (exact) mass is 212 g/mol. The topological polar surface area (TPSA) is 26.3 Å². The van der Waals surface area contributed by atoms with Crippen LogP contribution in [-0.4, -0.2) is 12.1 Å². The summed E-state index contributed by atoms with van der Waals surface area (Å²) < 4.78 is 5.47. The van der Waals surface area contributed by atoms with Gasteiger partial charge in [-0.3, -0.25) is 4.79 Å². The normalized spacial score (nSPS) is 19.5. The number of hydrogen-bond acceptors (Lipinski definition) is 2. The average molecular weight is 212 g/mol. The fourth-order valence-electron chi connectivity index (χ4n) is 1.99. The van der Waals surface area contributed by atoms with Gasteiger partial charge in [0.15, 0.2) is 0 Å². The highest BCUT2D eigenvalue weighted by Crippen LogP contribution is 2.23. The maximum atomic E-state index is 11.7. The van der Waals surface area contributed by atoms with Crippen LogP contribution in [0.3, 0.4) is 0 Å². The predicted molar refractivity (Wildman–Crippen MR) is 61.6 cm³/mol. The van der Waals surface area contributed by atoms with Gasteiger partial charge in [0.05, 0.1) is 5.92 Å².